The smallest absolute Gasteiger partial charge is 0.216 e. The number of hydrogen-bond donors (Lipinski definition) is 1. The van der Waals surface area contributed by atoms with E-state index in [1.54, 1.807) is 12.1 Å². The highest BCUT2D eigenvalue weighted by Crippen LogP contribution is 2.28. The van der Waals surface area contributed by atoms with Crippen LogP contribution in [-0.2, 0) is 14.6 Å². The van der Waals surface area contributed by atoms with Gasteiger partial charge in [-0.2, -0.15) is 0 Å². The van der Waals surface area contributed by atoms with Crippen molar-refractivity contribution in [3.05, 3.63) is 65.7 Å². The van der Waals surface area contributed by atoms with Gasteiger partial charge < -0.3 is 5.32 Å². The van der Waals surface area contributed by atoms with Crippen LogP contribution >= 0.6 is 0 Å². The fraction of sp³-hybridized carbons (Fsp3) is 0.278. The largest absolute Gasteiger partial charge is 0.356 e. The molecule has 0 aliphatic heterocycles. The monoisotopic (exact) mass is 331 g/mol. The summed E-state index contributed by atoms with van der Waals surface area (Å²) in [5, 5.41) is 2.82. The molecule has 0 unspecified atom stereocenters. The van der Waals surface area contributed by atoms with Crippen LogP contribution in [0.15, 0.2) is 59.5 Å². The second-order valence-corrected chi connectivity index (χ2v) is 7.59. The molecule has 0 radical (unpaired) electrons. The van der Waals surface area contributed by atoms with Gasteiger partial charge in [-0.15, -0.1) is 0 Å². The van der Waals surface area contributed by atoms with E-state index in [0.29, 0.717) is 11.4 Å². The highest BCUT2D eigenvalue weighted by Gasteiger charge is 2.15. The summed E-state index contributed by atoms with van der Waals surface area (Å²) in [6, 6.07) is 17.0. The number of amides is 1. The Labute approximate surface area is 137 Å². The number of rotatable bonds is 6. The fourth-order valence-electron chi connectivity index (χ4n) is 2.55. The van der Waals surface area contributed by atoms with Crippen molar-refractivity contribution in [1.29, 1.82) is 0 Å². The van der Waals surface area contributed by atoms with Gasteiger partial charge in [0.2, 0.25) is 5.91 Å². The topological polar surface area (TPSA) is 63.2 Å². The van der Waals surface area contributed by atoms with Gasteiger partial charge in [0.25, 0.3) is 0 Å². The van der Waals surface area contributed by atoms with E-state index >= 15 is 0 Å². The number of sulfone groups is 1. The highest BCUT2D eigenvalue weighted by atomic mass is 32.2. The lowest BCUT2D eigenvalue weighted by molar-refractivity contribution is -0.118. The molecule has 1 N–H and O–H groups in total. The van der Waals surface area contributed by atoms with Crippen LogP contribution < -0.4 is 5.32 Å². The van der Waals surface area contributed by atoms with E-state index in [1.165, 1.54) is 13.2 Å². The summed E-state index contributed by atoms with van der Waals surface area (Å²) in [5.74, 6) is 0.0564. The van der Waals surface area contributed by atoms with Crippen molar-refractivity contribution in [2.75, 3.05) is 12.8 Å². The maximum atomic E-state index is 11.6. The molecule has 23 heavy (non-hydrogen) atoms. The van der Waals surface area contributed by atoms with Crippen molar-refractivity contribution in [2.24, 2.45) is 0 Å². The first-order chi connectivity index (χ1) is 10.9. The average Bonchev–Trinajstić information content (AvgIpc) is 2.51. The Kier molecular flexibility index (Phi) is 5.55. The van der Waals surface area contributed by atoms with Crippen molar-refractivity contribution in [3.8, 4) is 0 Å². The lowest BCUT2D eigenvalue weighted by Crippen LogP contribution is -2.22. The van der Waals surface area contributed by atoms with Gasteiger partial charge in [-0.3, -0.25) is 4.79 Å². The molecular formula is C18H21NO3S. The Morgan fingerprint density at radius 2 is 1.57 bits per heavy atom. The molecule has 0 saturated heterocycles. The van der Waals surface area contributed by atoms with Gasteiger partial charge in [0.05, 0.1) is 4.90 Å². The van der Waals surface area contributed by atoms with E-state index in [1.807, 2.05) is 42.5 Å². The molecule has 2 aromatic rings. The van der Waals surface area contributed by atoms with Crippen LogP contribution in [0.5, 0.6) is 0 Å². The summed E-state index contributed by atoms with van der Waals surface area (Å²) in [5.41, 5.74) is 2.18. The summed E-state index contributed by atoms with van der Waals surface area (Å²) in [6.45, 7) is 2.07. The Balaban J connectivity index is 2.28. The second kappa shape index (κ2) is 7.42. The zero-order chi connectivity index (χ0) is 16.9. The normalized spacial score (nSPS) is 12.6. The van der Waals surface area contributed by atoms with Crippen LogP contribution in [0.1, 0.15) is 30.4 Å². The molecule has 0 spiro atoms. The van der Waals surface area contributed by atoms with E-state index in [9.17, 15) is 13.2 Å². The van der Waals surface area contributed by atoms with E-state index < -0.39 is 9.84 Å². The fourth-order valence-corrected chi connectivity index (χ4v) is 3.18. The molecule has 0 aliphatic carbocycles. The number of nitrogens with one attached hydrogen (secondary N) is 1. The first-order valence-electron chi connectivity index (χ1n) is 7.47. The van der Waals surface area contributed by atoms with Gasteiger partial charge in [0.15, 0.2) is 9.84 Å². The van der Waals surface area contributed by atoms with Crippen molar-refractivity contribution in [1.82, 2.24) is 5.32 Å². The van der Waals surface area contributed by atoms with Crippen molar-refractivity contribution < 1.29 is 13.2 Å². The third-order valence-corrected chi connectivity index (χ3v) is 4.85. The van der Waals surface area contributed by atoms with Crippen LogP contribution in [0.4, 0.5) is 0 Å². The van der Waals surface area contributed by atoms with Crippen molar-refractivity contribution in [2.45, 2.75) is 24.2 Å². The molecule has 1 atom stereocenters. The molecule has 2 aromatic carbocycles. The van der Waals surface area contributed by atoms with Crippen molar-refractivity contribution in [3.63, 3.8) is 0 Å². The third kappa shape index (κ3) is 4.93. The van der Waals surface area contributed by atoms with Gasteiger partial charge in [0.1, 0.15) is 0 Å². The van der Waals surface area contributed by atoms with Crippen LogP contribution in [-0.4, -0.2) is 27.1 Å². The Morgan fingerprint density at radius 3 is 2.09 bits per heavy atom. The minimum atomic E-state index is -3.20. The molecule has 1 amide bonds. The highest BCUT2D eigenvalue weighted by molar-refractivity contribution is 7.90. The molecule has 0 aliphatic rings. The zero-order valence-electron chi connectivity index (χ0n) is 13.3. The summed E-state index contributed by atoms with van der Waals surface area (Å²) in [6.07, 6.45) is 1.95. The number of carbonyl (C=O) groups is 1. The van der Waals surface area contributed by atoms with E-state index in [0.717, 1.165) is 17.5 Å². The van der Waals surface area contributed by atoms with Gasteiger partial charge in [0, 0.05) is 25.6 Å². The average molecular weight is 331 g/mol. The van der Waals surface area contributed by atoms with Gasteiger partial charge in [-0.25, -0.2) is 8.42 Å². The minimum absolute atomic E-state index is 0.0516. The maximum absolute atomic E-state index is 11.6. The van der Waals surface area contributed by atoms with E-state index in [2.05, 4.69) is 5.32 Å². The predicted octanol–water partition coefficient (Wildman–Crippen LogP) is 2.75. The zero-order valence-corrected chi connectivity index (χ0v) is 14.1. The number of hydrogen-bond acceptors (Lipinski definition) is 3. The van der Waals surface area contributed by atoms with Crippen LogP contribution in [0.25, 0.3) is 0 Å². The van der Waals surface area contributed by atoms with E-state index in [-0.39, 0.29) is 11.8 Å². The molecule has 0 bridgehead atoms. The second-order valence-electron chi connectivity index (χ2n) is 5.58. The molecule has 5 heteroatoms. The first kappa shape index (κ1) is 17.2. The quantitative estimate of drug-likeness (QED) is 0.885. The van der Waals surface area contributed by atoms with Crippen molar-refractivity contribution >= 4 is 15.7 Å². The Morgan fingerprint density at radius 1 is 1.00 bits per heavy atom. The molecule has 0 saturated carbocycles. The maximum Gasteiger partial charge on any atom is 0.216 e. The first-order valence-corrected chi connectivity index (χ1v) is 9.36. The van der Waals surface area contributed by atoms with Gasteiger partial charge in [-0.05, 0) is 29.7 Å². The lowest BCUT2D eigenvalue weighted by atomic mass is 9.88. The number of benzene rings is 2. The SMILES string of the molecule is CC(=O)NCC[C@H](c1ccccc1)c1ccc(S(C)(=O)=O)cc1. The van der Waals surface area contributed by atoms with Crippen LogP contribution in [0.3, 0.4) is 0 Å². The molecular weight excluding hydrogens is 310 g/mol. The standard InChI is InChI=1S/C18H21NO3S/c1-14(20)19-13-12-18(15-6-4-3-5-7-15)16-8-10-17(11-9-16)23(2,21)22/h3-11,18H,12-13H2,1-2H3,(H,19,20)/t18-/m1/s1. The molecule has 4 nitrogen and oxygen atoms in total. The van der Waals surface area contributed by atoms with E-state index in [4.69, 9.17) is 0 Å². The molecule has 0 aromatic heterocycles. The Bertz CT molecular complexity index is 753. The van der Waals surface area contributed by atoms with Gasteiger partial charge >= 0.3 is 0 Å². The predicted molar refractivity (Wildman–Crippen MR) is 91.1 cm³/mol. The summed E-state index contributed by atoms with van der Waals surface area (Å²) < 4.78 is 23.2. The number of carbonyl (C=O) groups excluding carboxylic acids is 1. The molecule has 0 fully saturated rings. The van der Waals surface area contributed by atoms with Crippen LogP contribution in [0, 0.1) is 0 Å². The molecule has 122 valence electrons. The Hall–Kier alpha value is -2.14. The van der Waals surface area contributed by atoms with Crippen LogP contribution in [0.2, 0.25) is 0 Å². The summed E-state index contributed by atoms with van der Waals surface area (Å²) in [4.78, 5) is 11.4. The third-order valence-electron chi connectivity index (χ3n) is 3.72. The van der Waals surface area contributed by atoms with Gasteiger partial charge in [-0.1, -0.05) is 42.5 Å². The summed E-state index contributed by atoms with van der Waals surface area (Å²) >= 11 is 0. The lowest BCUT2D eigenvalue weighted by Gasteiger charge is -2.18. The molecule has 0 heterocycles. The molecule has 2 rings (SSSR count). The minimum Gasteiger partial charge on any atom is -0.356 e. The summed E-state index contributed by atoms with van der Waals surface area (Å²) in [7, 11) is -3.20.